The Kier molecular flexibility index (Phi) is 6.52. The highest BCUT2D eigenvalue weighted by atomic mass is 28.2. The van der Waals surface area contributed by atoms with Gasteiger partial charge in [0.1, 0.15) is 0 Å². The molecule has 0 heterocycles. The summed E-state index contributed by atoms with van der Waals surface area (Å²) in [5.41, 5.74) is 4.35. The number of hydrogen-bond acceptors (Lipinski definition) is 0. The Morgan fingerprint density at radius 1 is 0.889 bits per heavy atom. The van der Waals surface area contributed by atoms with Gasteiger partial charge in [0.2, 0.25) is 0 Å². The highest BCUT2D eigenvalue weighted by molar-refractivity contribution is 6.48. The molecule has 0 aliphatic carbocycles. The van der Waals surface area contributed by atoms with Crippen LogP contribution in [0.1, 0.15) is 0 Å². The van der Waals surface area contributed by atoms with Gasteiger partial charge < -0.3 is 0 Å². The van der Waals surface area contributed by atoms with E-state index in [0.717, 1.165) is 0 Å². The smallest absolute Gasteiger partial charge is 0.0691 e. The van der Waals surface area contributed by atoms with Crippen LogP contribution in [0.4, 0.5) is 0 Å². The molecular weight excluding hydrogens is 124 g/mol. The van der Waals surface area contributed by atoms with Crippen LogP contribution in [0.2, 0.25) is 0 Å². The molecule has 0 spiro atoms. The van der Waals surface area contributed by atoms with Crippen molar-refractivity contribution in [2.75, 3.05) is 0 Å². The van der Waals surface area contributed by atoms with Gasteiger partial charge in [0, 0.05) is 0 Å². The maximum atomic E-state index is 3.57. The second-order valence-corrected chi connectivity index (χ2v) is 2.98. The predicted octanol–water partition coefficient (Wildman–Crippen LogP) is 1.55. The van der Waals surface area contributed by atoms with E-state index in [1.807, 2.05) is 12.2 Å². The molecule has 0 aliphatic rings. The zero-order valence-electron chi connectivity index (χ0n) is 5.59. The van der Waals surface area contributed by atoms with E-state index in [1.54, 1.807) is 12.2 Å². The standard InChI is InChI=1S/C8H12Si/c1-3-5-7-9-8-6-4-2/h3-8H,1-2,9H2. The van der Waals surface area contributed by atoms with Gasteiger partial charge in [0.05, 0.1) is 9.52 Å². The summed E-state index contributed by atoms with van der Waals surface area (Å²) in [6, 6.07) is 0. The van der Waals surface area contributed by atoms with E-state index in [1.165, 1.54) is 0 Å². The average Bonchev–Trinajstić information content (AvgIpc) is 1.89. The lowest BCUT2D eigenvalue weighted by Crippen LogP contribution is -1.73. The van der Waals surface area contributed by atoms with Crippen molar-refractivity contribution in [3.8, 4) is 0 Å². The summed E-state index contributed by atoms with van der Waals surface area (Å²) in [4.78, 5) is 0. The molecule has 0 atom stereocenters. The molecule has 0 aromatic rings. The average molecular weight is 136 g/mol. The van der Waals surface area contributed by atoms with Crippen LogP contribution >= 0.6 is 0 Å². The maximum absolute atomic E-state index is 3.57. The van der Waals surface area contributed by atoms with Crippen LogP contribution in [-0.2, 0) is 0 Å². The van der Waals surface area contributed by atoms with E-state index < -0.39 is 0 Å². The molecule has 0 radical (unpaired) electrons. The summed E-state index contributed by atoms with van der Waals surface area (Å²) in [5.74, 6) is 0. The molecule has 0 saturated carbocycles. The minimum absolute atomic E-state index is 0.114. The van der Waals surface area contributed by atoms with E-state index in [9.17, 15) is 0 Å². The van der Waals surface area contributed by atoms with Crippen molar-refractivity contribution in [1.82, 2.24) is 0 Å². The van der Waals surface area contributed by atoms with Crippen LogP contribution in [0.25, 0.3) is 0 Å². The first-order valence-electron chi connectivity index (χ1n) is 2.97. The van der Waals surface area contributed by atoms with E-state index in [-0.39, 0.29) is 9.52 Å². The molecule has 0 aliphatic heterocycles. The molecule has 0 rings (SSSR count). The topological polar surface area (TPSA) is 0 Å². The second kappa shape index (κ2) is 7.18. The largest absolute Gasteiger partial charge is 0.0991 e. The molecule has 0 amide bonds. The van der Waals surface area contributed by atoms with Gasteiger partial charge in [0.25, 0.3) is 0 Å². The third kappa shape index (κ3) is 7.18. The van der Waals surface area contributed by atoms with Crippen molar-refractivity contribution in [2.24, 2.45) is 0 Å². The van der Waals surface area contributed by atoms with Crippen molar-refractivity contribution < 1.29 is 0 Å². The summed E-state index contributed by atoms with van der Waals surface area (Å²) in [6.07, 6.45) is 7.57. The Labute approximate surface area is 59.1 Å². The first-order chi connectivity index (χ1) is 4.41. The molecule has 0 N–H and O–H groups in total. The number of rotatable bonds is 4. The predicted molar refractivity (Wildman–Crippen MR) is 47.2 cm³/mol. The fraction of sp³-hybridized carbons (Fsp3) is 0. The zero-order chi connectivity index (χ0) is 6.95. The van der Waals surface area contributed by atoms with Crippen LogP contribution in [0, 0.1) is 0 Å². The minimum atomic E-state index is -0.114. The summed E-state index contributed by atoms with van der Waals surface area (Å²) in [5, 5.41) is 0. The molecule has 48 valence electrons. The Hall–Kier alpha value is -0.823. The van der Waals surface area contributed by atoms with E-state index >= 15 is 0 Å². The molecule has 0 aromatic carbocycles. The maximum Gasteiger partial charge on any atom is 0.0691 e. The lowest BCUT2D eigenvalue weighted by molar-refractivity contribution is 2.06. The summed E-state index contributed by atoms with van der Waals surface area (Å²) >= 11 is 0. The lowest BCUT2D eigenvalue weighted by atomic mass is 10.6. The van der Waals surface area contributed by atoms with Crippen LogP contribution in [-0.4, -0.2) is 9.52 Å². The molecule has 0 saturated heterocycles. The first-order valence-corrected chi connectivity index (χ1v) is 4.60. The van der Waals surface area contributed by atoms with E-state index in [4.69, 9.17) is 0 Å². The zero-order valence-corrected chi connectivity index (χ0v) is 7.00. The molecule has 0 fully saturated rings. The first kappa shape index (κ1) is 8.18. The molecule has 0 bridgehead atoms. The molecule has 0 unspecified atom stereocenters. The SMILES string of the molecule is C=CC=C[SiH2]C=CC=C. The quantitative estimate of drug-likeness (QED) is 0.406. The monoisotopic (exact) mass is 136 g/mol. The van der Waals surface area contributed by atoms with Gasteiger partial charge in [0.15, 0.2) is 0 Å². The van der Waals surface area contributed by atoms with Gasteiger partial charge in [-0.3, -0.25) is 0 Å². The van der Waals surface area contributed by atoms with Gasteiger partial charge in [-0.15, -0.1) is 0 Å². The fourth-order valence-corrected chi connectivity index (χ4v) is 1.28. The van der Waals surface area contributed by atoms with Gasteiger partial charge in [-0.1, -0.05) is 48.9 Å². The van der Waals surface area contributed by atoms with Crippen molar-refractivity contribution in [1.29, 1.82) is 0 Å². The summed E-state index contributed by atoms with van der Waals surface area (Å²) in [6.45, 7) is 7.14. The van der Waals surface area contributed by atoms with Gasteiger partial charge in [-0.05, 0) is 0 Å². The van der Waals surface area contributed by atoms with Gasteiger partial charge >= 0.3 is 0 Å². The second-order valence-electron chi connectivity index (χ2n) is 1.56. The van der Waals surface area contributed by atoms with Crippen molar-refractivity contribution in [2.45, 2.75) is 0 Å². The highest BCUT2D eigenvalue weighted by Crippen LogP contribution is 1.74. The Bertz CT molecular complexity index is 116. The van der Waals surface area contributed by atoms with E-state index in [2.05, 4.69) is 24.6 Å². The molecular formula is C8H12Si. The van der Waals surface area contributed by atoms with Crippen LogP contribution in [0.5, 0.6) is 0 Å². The number of allylic oxidation sites excluding steroid dienone is 4. The Morgan fingerprint density at radius 3 is 1.67 bits per heavy atom. The molecule has 0 aromatic heterocycles. The van der Waals surface area contributed by atoms with Crippen molar-refractivity contribution in [3.05, 3.63) is 48.9 Å². The normalized spacial score (nSPS) is 12.0. The summed E-state index contributed by atoms with van der Waals surface area (Å²) in [7, 11) is -0.114. The Morgan fingerprint density at radius 2 is 1.33 bits per heavy atom. The number of hydrogen-bond donors (Lipinski definition) is 0. The fourth-order valence-electron chi connectivity index (χ4n) is 0.428. The van der Waals surface area contributed by atoms with Crippen LogP contribution < -0.4 is 0 Å². The highest BCUT2D eigenvalue weighted by Gasteiger charge is 1.66. The molecule has 1 heteroatoms. The van der Waals surface area contributed by atoms with Crippen LogP contribution in [0.15, 0.2) is 48.9 Å². The summed E-state index contributed by atoms with van der Waals surface area (Å²) < 4.78 is 0. The van der Waals surface area contributed by atoms with Gasteiger partial charge in [-0.2, -0.15) is 0 Å². The van der Waals surface area contributed by atoms with Crippen molar-refractivity contribution in [3.63, 3.8) is 0 Å². The third-order valence-corrected chi connectivity index (χ3v) is 1.91. The third-order valence-electron chi connectivity index (χ3n) is 0.816. The Balaban J connectivity index is 3.27. The lowest BCUT2D eigenvalue weighted by Gasteiger charge is -1.74. The minimum Gasteiger partial charge on any atom is -0.0991 e. The van der Waals surface area contributed by atoms with Crippen LogP contribution in [0.3, 0.4) is 0 Å². The van der Waals surface area contributed by atoms with E-state index in [0.29, 0.717) is 0 Å². The van der Waals surface area contributed by atoms with Gasteiger partial charge in [-0.25, -0.2) is 0 Å². The molecule has 0 nitrogen and oxygen atoms in total. The van der Waals surface area contributed by atoms with Crippen molar-refractivity contribution >= 4 is 9.52 Å². The molecule has 9 heavy (non-hydrogen) atoms.